The van der Waals surface area contributed by atoms with Crippen LogP contribution in [0.3, 0.4) is 0 Å². The van der Waals surface area contributed by atoms with Gasteiger partial charge in [0.25, 0.3) is 0 Å². The van der Waals surface area contributed by atoms with Crippen LogP contribution >= 0.6 is 0 Å². The van der Waals surface area contributed by atoms with Gasteiger partial charge in [-0.25, -0.2) is 0 Å². The van der Waals surface area contributed by atoms with Crippen LogP contribution in [0.25, 0.3) is 0 Å². The summed E-state index contributed by atoms with van der Waals surface area (Å²) in [5.41, 5.74) is 0. The van der Waals surface area contributed by atoms with E-state index in [1.807, 2.05) is 0 Å². The van der Waals surface area contributed by atoms with Crippen LogP contribution in [0.15, 0.2) is 0 Å². The van der Waals surface area contributed by atoms with Crippen LogP contribution in [0.1, 0.15) is 32.1 Å². The maximum atomic E-state index is 3.63. The molecule has 3 rings (SSSR count). The van der Waals surface area contributed by atoms with Crippen LogP contribution in [0, 0.1) is 5.92 Å². The fraction of sp³-hybridized carbons (Fsp3) is 1.00. The van der Waals surface area contributed by atoms with E-state index in [1.165, 1.54) is 51.7 Å². The highest BCUT2D eigenvalue weighted by Gasteiger charge is 2.38. The van der Waals surface area contributed by atoms with Crippen LogP contribution < -0.4 is 5.32 Å². The second kappa shape index (κ2) is 3.25. The molecule has 0 aromatic carbocycles. The van der Waals surface area contributed by atoms with Crippen LogP contribution in [0.5, 0.6) is 0 Å². The normalized spacial score (nSPS) is 41.5. The molecule has 1 N–H and O–H groups in total. The number of nitrogens with one attached hydrogen (secondary N) is 1. The summed E-state index contributed by atoms with van der Waals surface area (Å²) in [7, 11) is 0. The first-order valence-corrected chi connectivity index (χ1v) is 5.91. The third kappa shape index (κ3) is 1.40. The summed E-state index contributed by atoms with van der Waals surface area (Å²) in [6.45, 7) is 4.01. The van der Waals surface area contributed by atoms with Crippen molar-refractivity contribution in [2.75, 3.05) is 19.6 Å². The number of fused-ring (bicyclic) bond motifs is 1. The fourth-order valence-electron chi connectivity index (χ4n) is 3.45. The molecule has 2 nitrogen and oxygen atoms in total. The molecule has 74 valence electrons. The number of likely N-dealkylation sites (tertiary alicyclic amines) is 1. The minimum Gasteiger partial charge on any atom is -0.312 e. The van der Waals surface area contributed by atoms with Crippen LogP contribution in [0.4, 0.5) is 0 Å². The maximum Gasteiger partial charge on any atom is 0.0236 e. The molecule has 0 bridgehead atoms. The zero-order valence-corrected chi connectivity index (χ0v) is 8.34. The summed E-state index contributed by atoms with van der Waals surface area (Å²) in [5, 5.41) is 3.63. The molecule has 2 aliphatic heterocycles. The van der Waals surface area contributed by atoms with E-state index in [0.717, 1.165) is 18.0 Å². The molecule has 1 aliphatic carbocycles. The summed E-state index contributed by atoms with van der Waals surface area (Å²) in [4.78, 5) is 2.76. The lowest BCUT2D eigenvalue weighted by molar-refractivity contribution is 0.230. The third-order valence-electron chi connectivity index (χ3n) is 4.23. The molecule has 0 amide bonds. The van der Waals surface area contributed by atoms with Crippen LogP contribution in [0.2, 0.25) is 0 Å². The first-order chi connectivity index (χ1) is 6.43. The van der Waals surface area contributed by atoms with Crippen molar-refractivity contribution in [2.24, 2.45) is 5.92 Å². The molecule has 3 fully saturated rings. The number of nitrogens with zero attached hydrogens (tertiary/aromatic N) is 1. The van der Waals surface area contributed by atoms with Crippen molar-refractivity contribution in [1.82, 2.24) is 10.2 Å². The maximum absolute atomic E-state index is 3.63. The van der Waals surface area contributed by atoms with Crippen LogP contribution in [-0.2, 0) is 0 Å². The minimum absolute atomic E-state index is 0.848. The Morgan fingerprint density at radius 3 is 2.62 bits per heavy atom. The predicted molar refractivity (Wildman–Crippen MR) is 53.7 cm³/mol. The quantitative estimate of drug-likeness (QED) is 0.653. The second-order valence-electron chi connectivity index (χ2n) is 5.00. The molecule has 3 aliphatic rings. The van der Waals surface area contributed by atoms with E-state index >= 15 is 0 Å². The van der Waals surface area contributed by atoms with Gasteiger partial charge < -0.3 is 5.32 Å². The monoisotopic (exact) mass is 180 g/mol. The SMILES string of the molecule is C1CCC(N2C[C@@H]3CCN[C@@H]3C2)C1. The summed E-state index contributed by atoms with van der Waals surface area (Å²) in [6, 6.07) is 1.80. The molecule has 2 heteroatoms. The fourth-order valence-corrected chi connectivity index (χ4v) is 3.45. The zero-order chi connectivity index (χ0) is 8.67. The molecule has 1 saturated carbocycles. The van der Waals surface area contributed by atoms with Gasteiger partial charge >= 0.3 is 0 Å². The smallest absolute Gasteiger partial charge is 0.0236 e. The van der Waals surface area contributed by atoms with E-state index in [9.17, 15) is 0 Å². The molecule has 0 aromatic rings. The molecule has 0 aromatic heterocycles. The van der Waals surface area contributed by atoms with Crippen molar-refractivity contribution in [3.63, 3.8) is 0 Å². The first kappa shape index (κ1) is 8.25. The average molecular weight is 180 g/mol. The minimum atomic E-state index is 0.848. The van der Waals surface area contributed by atoms with Crippen molar-refractivity contribution in [3.05, 3.63) is 0 Å². The van der Waals surface area contributed by atoms with Crippen molar-refractivity contribution in [1.29, 1.82) is 0 Å². The molecule has 0 unspecified atom stereocenters. The zero-order valence-electron chi connectivity index (χ0n) is 8.34. The van der Waals surface area contributed by atoms with Crippen LogP contribution in [-0.4, -0.2) is 36.6 Å². The Labute approximate surface area is 80.7 Å². The van der Waals surface area contributed by atoms with E-state index in [4.69, 9.17) is 0 Å². The lowest BCUT2D eigenvalue weighted by Crippen LogP contribution is -2.35. The standard InChI is InChI=1S/C11H20N2/c1-2-4-10(3-1)13-7-9-5-6-12-11(9)8-13/h9-12H,1-8H2/t9-,11+/m0/s1. The van der Waals surface area contributed by atoms with Crippen molar-refractivity contribution in [3.8, 4) is 0 Å². The summed E-state index contributed by atoms with van der Waals surface area (Å²) >= 11 is 0. The van der Waals surface area contributed by atoms with Gasteiger partial charge in [-0.2, -0.15) is 0 Å². The van der Waals surface area contributed by atoms with Gasteiger partial charge in [0.2, 0.25) is 0 Å². The van der Waals surface area contributed by atoms with E-state index < -0.39 is 0 Å². The molecule has 2 heterocycles. The van der Waals surface area contributed by atoms with Gasteiger partial charge in [0.05, 0.1) is 0 Å². The lowest BCUT2D eigenvalue weighted by Gasteiger charge is -2.24. The Kier molecular flexibility index (Phi) is 2.06. The molecule has 13 heavy (non-hydrogen) atoms. The Morgan fingerprint density at radius 2 is 1.85 bits per heavy atom. The highest BCUT2D eigenvalue weighted by Crippen LogP contribution is 2.31. The van der Waals surface area contributed by atoms with Gasteiger partial charge in [-0.3, -0.25) is 4.90 Å². The highest BCUT2D eigenvalue weighted by atomic mass is 15.2. The molecule has 2 saturated heterocycles. The van der Waals surface area contributed by atoms with E-state index in [-0.39, 0.29) is 0 Å². The third-order valence-corrected chi connectivity index (χ3v) is 4.23. The van der Waals surface area contributed by atoms with E-state index in [0.29, 0.717) is 0 Å². The molecule has 0 radical (unpaired) electrons. The van der Waals surface area contributed by atoms with E-state index in [1.54, 1.807) is 0 Å². The molecule has 2 atom stereocenters. The van der Waals surface area contributed by atoms with Gasteiger partial charge in [-0.15, -0.1) is 0 Å². The first-order valence-electron chi connectivity index (χ1n) is 5.91. The molecule has 0 spiro atoms. The second-order valence-corrected chi connectivity index (χ2v) is 5.00. The topological polar surface area (TPSA) is 15.3 Å². The van der Waals surface area contributed by atoms with Crippen molar-refractivity contribution < 1.29 is 0 Å². The van der Waals surface area contributed by atoms with E-state index in [2.05, 4.69) is 10.2 Å². The Bertz CT molecular complexity index is 175. The number of hydrogen-bond acceptors (Lipinski definition) is 2. The average Bonchev–Trinajstić information content (AvgIpc) is 2.78. The Hall–Kier alpha value is -0.0800. The van der Waals surface area contributed by atoms with Crippen molar-refractivity contribution >= 4 is 0 Å². The van der Waals surface area contributed by atoms with Gasteiger partial charge in [0, 0.05) is 25.2 Å². The Balaban J connectivity index is 1.62. The number of hydrogen-bond donors (Lipinski definition) is 1. The largest absolute Gasteiger partial charge is 0.312 e. The Morgan fingerprint density at radius 1 is 1.00 bits per heavy atom. The van der Waals surface area contributed by atoms with Gasteiger partial charge in [0.15, 0.2) is 0 Å². The summed E-state index contributed by atoms with van der Waals surface area (Å²) in [5.74, 6) is 0.987. The van der Waals surface area contributed by atoms with Gasteiger partial charge in [-0.05, 0) is 31.7 Å². The van der Waals surface area contributed by atoms with Gasteiger partial charge in [-0.1, -0.05) is 12.8 Å². The summed E-state index contributed by atoms with van der Waals surface area (Å²) in [6.07, 6.45) is 7.32. The number of rotatable bonds is 1. The molecular formula is C11H20N2. The summed E-state index contributed by atoms with van der Waals surface area (Å²) < 4.78 is 0. The van der Waals surface area contributed by atoms with Crippen molar-refractivity contribution in [2.45, 2.75) is 44.2 Å². The lowest BCUT2D eigenvalue weighted by atomic mass is 10.1. The molecular weight excluding hydrogens is 160 g/mol. The highest BCUT2D eigenvalue weighted by molar-refractivity contribution is 4.96. The van der Waals surface area contributed by atoms with Gasteiger partial charge in [0.1, 0.15) is 0 Å². The predicted octanol–water partition coefficient (Wildman–Crippen LogP) is 1.22.